The molecule has 10 heteroatoms. The molecule has 0 fully saturated rings. The highest BCUT2D eigenvalue weighted by Crippen LogP contribution is 2.48. The van der Waals surface area contributed by atoms with Crippen molar-refractivity contribution in [3.05, 3.63) is 78.0 Å². The molecule has 2 N–H and O–H groups in total. The van der Waals surface area contributed by atoms with Crippen LogP contribution in [0.1, 0.15) is 5.56 Å². The summed E-state index contributed by atoms with van der Waals surface area (Å²) in [7, 11) is 1.52. The number of halogens is 2. The predicted octanol–water partition coefficient (Wildman–Crippen LogP) is 5.41. The zero-order chi connectivity index (χ0) is 25.1. The number of amides is 2. The molecular weight excluding hydrogens is 472 g/mol. The van der Waals surface area contributed by atoms with Gasteiger partial charge in [0, 0.05) is 30.6 Å². The maximum absolute atomic E-state index is 14.9. The second kappa shape index (κ2) is 9.95. The van der Waals surface area contributed by atoms with Crippen molar-refractivity contribution in [1.82, 2.24) is 10.3 Å². The minimum absolute atomic E-state index is 0.0546. The van der Waals surface area contributed by atoms with E-state index in [0.29, 0.717) is 47.1 Å². The van der Waals surface area contributed by atoms with E-state index in [0.717, 1.165) is 11.6 Å². The minimum Gasteiger partial charge on any atom is -0.493 e. The minimum atomic E-state index is -0.684. The maximum Gasteiger partial charge on any atom is 0.319 e. The molecule has 8 nitrogen and oxygen atoms in total. The third-order valence-corrected chi connectivity index (χ3v) is 5.44. The first kappa shape index (κ1) is 23.2. The molecule has 1 aliphatic heterocycles. The number of ether oxygens (including phenoxy) is 4. The van der Waals surface area contributed by atoms with Gasteiger partial charge in [-0.05, 0) is 35.9 Å². The average Bonchev–Trinajstić information content (AvgIpc) is 2.89. The Balaban J connectivity index is 1.33. The molecule has 0 aliphatic carbocycles. The van der Waals surface area contributed by atoms with E-state index in [9.17, 15) is 13.6 Å². The molecule has 0 spiro atoms. The summed E-state index contributed by atoms with van der Waals surface area (Å²) in [6.45, 7) is 0.888. The Kier molecular flexibility index (Phi) is 6.40. The lowest BCUT2D eigenvalue weighted by Gasteiger charge is -2.23. The van der Waals surface area contributed by atoms with Gasteiger partial charge in [-0.15, -0.1) is 0 Å². The first-order valence-electron chi connectivity index (χ1n) is 11.0. The van der Waals surface area contributed by atoms with Crippen LogP contribution in [-0.2, 0) is 6.54 Å². The van der Waals surface area contributed by atoms with Gasteiger partial charge in [-0.1, -0.05) is 12.1 Å². The van der Waals surface area contributed by atoms with Gasteiger partial charge in [0.15, 0.2) is 23.1 Å². The Morgan fingerprint density at radius 1 is 0.972 bits per heavy atom. The Morgan fingerprint density at radius 3 is 2.50 bits per heavy atom. The molecule has 0 saturated heterocycles. The summed E-state index contributed by atoms with van der Waals surface area (Å²) in [5.74, 6) is 0.538. The van der Waals surface area contributed by atoms with E-state index in [1.165, 1.54) is 37.6 Å². The number of urea groups is 1. The summed E-state index contributed by atoms with van der Waals surface area (Å²) in [5.41, 5.74) is 1.49. The van der Waals surface area contributed by atoms with Crippen molar-refractivity contribution in [2.45, 2.75) is 6.54 Å². The summed E-state index contributed by atoms with van der Waals surface area (Å²) in [6, 6.07) is 12.6. The van der Waals surface area contributed by atoms with E-state index < -0.39 is 11.8 Å². The lowest BCUT2D eigenvalue weighted by atomic mass is 10.1. The third-order valence-electron chi connectivity index (χ3n) is 5.44. The zero-order valence-corrected chi connectivity index (χ0v) is 19.1. The number of hydrogen-bond acceptors (Lipinski definition) is 6. The van der Waals surface area contributed by atoms with Gasteiger partial charge in [-0.25, -0.2) is 13.6 Å². The number of fused-ring (bicyclic) bond motifs is 3. The molecule has 2 amide bonds. The van der Waals surface area contributed by atoms with Gasteiger partial charge in [0.2, 0.25) is 5.75 Å². The molecule has 0 radical (unpaired) electrons. The Bertz CT molecular complexity index is 1430. The molecular formula is C26H21F2N3O5. The molecule has 0 saturated carbocycles. The molecule has 184 valence electrons. The predicted molar refractivity (Wildman–Crippen MR) is 128 cm³/mol. The van der Waals surface area contributed by atoms with E-state index in [2.05, 4.69) is 15.6 Å². The van der Waals surface area contributed by atoms with Crippen LogP contribution in [0, 0.1) is 11.6 Å². The van der Waals surface area contributed by atoms with E-state index in [4.69, 9.17) is 18.9 Å². The number of anilines is 1. The molecule has 4 aromatic rings. The molecule has 0 unspecified atom stereocenters. The molecule has 5 rings (SSSR count). The van der Waals surface area contributed by atoms with Crippen molar-refractivity contribution >= 4 is 22.6 Å². The molecule has 2 heterocycles. The number of nitrogens with one attached hydrogen (secondary N) is 2. The van der Waals surface area contributed by atoms with E-state index in [-0.39, 0.29) is 23.8 Å². The smallest absolute Gasteiger partial charge is 0.319 e. The Morgan fingerprint density at radius 2 is 1.75 bits per heavy atom. The van der Waals surface area contributed by atoms with Crippen LogP contribution in [0.5, 0.6) is 28.7 Å². The standard InChI is InChI=1S/C26H21F2N3O5/c1-33-22-13-19-23(25-24(22)34-10-11-35-25)21(8-9-29-19)36-20-7-6-17(12-18(20)28)31-26(32)30-14-15-2-4-16(27)5-3-15/h2-9,12-13H,10-11,14H2,1H3,(H2,30,31,32). The van der Waals surface area contributed by atoms with Crippen LogP contribution >= 0.6 is 0 Å². The number of rotatable bonds is 6. The van der Waals surface area contributed by atoms with Crippen LogP contribution in [0.25, 0.3) is 10.9 Å². The number of nitrogens with zero attached hydrogens (tertiary/aromatic N) is 1. The van der Waals surface area contributed by atoms with Crippen molar-refractivity contribution in [2.24, 2.45) is 0 Å². The zero-order valence-electron chi connectivity index (χ0n) is 19.1. The first-order chi connectivity index (χ1) is 17.5. The van der Waals surface area contributed by atoms with Gasteiger partial charge < -0.3 is 29.6 Å². The number of methoxy groups -OCH3 is 1. The van der Waals surface area contributed by atoms with Crippen molar-refractivity contribution in [3.63, 3.8) is 0 Å². The molecule has 0 atom stereocenters. The van der Waals surface area contributed by atoms with E-state index >= 15 is 0 Å². The second-order valence-electron chi connectivity index (χ2n) is 7.82. The fourth-order valence-corrected chi connectivity index (χ4v) is 3.75. The van der Waals surface area contributed by atoms with Crippen LogP contribution < -0.4 is 29.6 Å². The van der Waals surface area contributed by atoms with Crippen molar-refractivity contribution in [2.75, 3.05) is 25.6 Å². The quantitative estimate of drug-likeness (QED) is 0.374. The summed E-state index contributed by atoms with van der Waals surface area (Å²) >= 11 is 0. The fraction of sp³-hybridized carbons (Fsp3) is 0.154. The number of pyridine rings is 1. The van der Waals surface area contributed by atoms with Crippen LogP contribution in [0.2, 0.25) is 0 Å². The average molecular weight is 493 g/mol. The van der Waals surface area contributed by atoms with Crippen molar-refractivity contribution in [3.8, 4) is 28.7 Å². The van der Waals surface area contributed by atoms with Crippen LogP contribution in [0.4, 0.5) is 19.3 Å². The van der Waals surface area contributed by atoms with Crippen LogP contribution in [0.15, 0.2) is 60.8 Å². The maximum atomic E-state index is 14.9. The molecule has 1 aliphatic rings. The highest BCUT2D eigenvalue weighted by molar-refractivity contribution is 5.95. The van der Waals surface area contributed by atoms with Crippen molar-refractivity contribution < 1.29 is 32.5 Å². The lowest BCUT2D eigenvalue weighted by molar-refractivity contribution is 0.167. The van der Waals surface area contributed by atoms with Crippen LogP contribution in [-0.4, -0.2) is 31.3 Å². The normalized spacial score (nSPS) is 12.2. The number of carbonyl (C=O) groups is 1. The Labute approximate surface area is 204 Å². The van der Waals surface area contributed by atoms with Gasteiger partial charge in [0.05, 0.1) is 18.0 Å². The van der Waals surface area contributed by atoms with Gasteiger partial charge in [-0.2, -0.15) is 0 Å². The van der Waals surface area contributed by atoms with Gasteiger partial charge >= 0.3 is 6.03 Å². The SMILES string of the molecule is COc1cc2nccc(Oc3ccc(NC(=O)NCc4ccc(F)cc4)cc3F)c2c2c1OCCO2. The second-order valence-corrected chi connectivity index (χ2v) is 7.82. The van der Waals surface area contributed by atoms with Gasteiger partial charge in [0.1, 0.15) is 24.8 Å². The molecule has 36 heavy (non-hydrogen) atoms. The molecule has 3 aromatic carbocycles. The van der Waals surface area contributed by atoms with E-state index in [1.54, 1.807) is 24.3 Å². The highest BCUT2D eigenvalue weighted by atomic mass is 19.1. The monoisotopic (exact) mass is 493 g/mol. The largest absolute Gasteiger partial charge is 0.493 e. The third kappa shape index (κ3) is 4.78. The van der Waals surface area contributed by atoms with Crippen molar-refractivity contribution in [1.29, 1.82) is 0 Å². The van der Waals surface area contributed by atoms with Crippen LogP contribution in [0.3, 0.4) is 0 Å². The first-order valence-corrected chi connectivity index (χ1v) is 11.0. The van der Waals surface area contributed by atoms with Gasteiger partial charge in [-0.3, -0.25) is 4.98 Å². The summed E-state index contributed by atoms with van der Waals surface area (Å²) in [5, 5.41) is 5.71. The highest BCUT2D eigenvalue weighted by Gasteiger charge is 2.24. The fourth-order valence-electron chi connectivity index (χ4n) is 3.75. The molecule has 0 bridgehead atoms. The number of aromatic nitrogens is 1. The van der Waals surface area contributed by atoms with Gasteiger partial charge in [0.25, 0.3) is 0 Å². The topological polar surface area (TPSA) is 90.9 Å². The number of hydrogen-bond donors (Lipinski definition) is 2. The number of carbonyl (C=O) groups excluding carboxylic acids is 1. The Hall–Kier alpha value is -4.60. The van der Waals surface area contributed by atoms with E-state index in [1.807, 2.05) is 0 Å². The summed E-state index contributed by atoms with van der Waals surface area (Å²) in [4.78, 5) is 16.5. The lowest BCUT2D eigenvalue weighted by Crippen LogP contribution is -2.28. The summed E-state index contributed by atoms with van der Waals surface area (Å²) in [6.07, 6.45) is 1.53. The molecule has 1 aromatic heterocycles. The number of benzene rings is 3. The summed E-state index contributed by atoms with van der Waals surface area (Å²) < 4.78 is 50.7.